The van der Waals surface area contributed by atoms with Crippen molar-refractivity contribution >= 4 is 45.4 Å². The molecule has 2 heterocycles. The van der Waals surface area contributed by atoms with Gasteiger partial charge in [0.2, 0.25) is 11.8 Å². The molecule has 0 bridgehead atoms. The number of nitrogens with one attached hydrogen (secondary N) is 1. The van der Waals surface area contributed by atoms with Crippen molar-refractivity contribution in [2.45, 2.75) is 44.2 Å². The van der Waals surface area contributed by atoms with Crippen molar-refractivity contribution in [3.8, 4) is 11.5 Å². The molecule has 2 aliphatic heterocycles. The number of nitrogens with two attached hydrogens (primary N) is 1. The van der Waals surface area contributed by atoms with Gasteiger partial charge in [0.1, 0.15) is 17.9 Å². The van der Waals surface area contributed by atoms with E-state index in [-0.39, 0.29) is 18.2 Å². The summed E-state index contributed by atoms with van der Waals surface area (Å²) in [7, 11) is 3.07. The number of benzene rings is 3. The molecule has 3 atom stereocenters. The lowest BCUT2D eigenvalue weighted by Crippen LogP contribution is -2.59. The number of methoxy groups -OCH3 is 2. The van der Waals surface area contributed by atoms with Crippen molar-refractivity contribution in [2.75, 3.05) is 38.2 Å². The van der Waals surface area contributed by atoms with Gasteiger partial charge in [-0.1, -0.05) is 30.3 Å². The Balaban J connectivity index is 1.47. The SMILES string of the molecule is COc1cc2ccc(N(C3CCCN(C(Cc4ccc(C(=N)N)cc4)C(=O)N4CCCC4)C3=O)S(=O)[O-])cc2cc1OC. The number of piperidine rings is 1. The number of nitrogens with zero attached hydrogens (tertiary/aromatic N) is 3. The fraction of sp³-hybridized carbons (Fsp3) is 0.387. The van der Waals surface area contributed by atoms with Crippen molar-refractivity contribution in [3.63, 3.8) is 0 Å². The van der Waals surface area contributed by atoms with Crippen LogP contribution < -0.4 is 19.5 Å². The summed E-state index contributed by atoms with van der Waals surface area (Å²) in [6, 6.07) is 14.0. The van der Waals surface area contributed by atoms with Gasteiger partial charge in [0, 0.05) is 48.6 Å². The molecule has 3 N–H and O–H groups in total. The average molecular weight is 607 g/mol. The Morgan fingerprint density at radius 2 is 1.67 bits per heavy atom. The molecule has 0 aliphatic carbocycles. The minimum Gasteiger partial charge on any atom is -0.755 e. The quantitative estimate of drug-likeness (QED) is 0.204. The maximum Gasteiger partial charge on any atom is 0.247 e. The van der Waals surface area contributed by atoms with Gasteiger partial charge >= 0.3 is 0 Å². The smallest absolute Gasteiger partial charge is 0.247 e. The van der Waals surface area contributed by atoms with Gasteiger partial charge in [-0.2, -0.15) is 0 Å². The van der Waals surface area contributed by atoms with Crippen LogP contribution in [0, 0.1) is 5.41 Å². The van der Waals surface area contributed by atoms with E-state index in [1.165, 1.54) is 7.11 Å². The number of ether oxygens (including phenoxy) is 2. The Labute approximate surface area is 253 Å². The van der Waals surface area contributed by atoms with Gasteiger partial charge in [-0.15, -0.1) is 0 Å². The van der Waals surface area contributed by atoms with Gasteiger partial charge in [0.15, 0.2) is 11.5 Å². The first-order valence-corrected chi connectivity index (χ1v) is 15.3. The normalized spacial score (nSPS) is 18.4. The number of carbonyl (C=O) groups is 2. The van der Waals surface area contributed by atoms with Gasteiger partial charge in [0.25, 0.3) is 0 Å². The molecule has 3 unspecified atom stereocenters. The highest BCUT2D eigenvalue weighted by molar-refractivity contribution is 7.80. The molecule has 2 amide bonds. The van der Waals surface area contributed by atoms with E-state index < -0.39 is 29.3 Å². The van der Waals surface area contributed by atoms with E-state index in [0.717, 1.165) is 33.5 Å². The minimum absolute atomic E-state index is 0.0535. The Bertz CT molecular complexity index is 1540. The topological polar surface area (TPSA) is 152 Å². The lowest BCUT2D eigenvalue weighted by molar-refractivity contribution is -0.147. The number of hydrogen-bond acceptors (Lipinski definition) is 7. The first kappa shape index (κ1) is 30.3. The summed E-state index contributed by atoms with van der Waals surface area (Å²) in [6.45, 7) is 1.61. The zero-order valence-electron chi connectivity index (χ0n) is 24.3. The van der Waals surface area contributed by atoms with Crippen molar-refractivity contribution < 1.29 is 27.8 Å². The van der Waals surface area contributed by atoms with E-state index in [9.17, 15) is 18.4 Å². The van der Waals surface area contributed by atoms with E-state index in [1.807, 2.05) is 12.1 Å². The second-order valence-electron chi connectivity index (χ2n) is 10.8. The number of rotatable bonds is 10. The molecule has 2 aliphatic rings. The van der Waals surface area contributed by atoms with Crippen LogP contribution in [0.1, 0.15) is 36.8 Å². The minimum atomic E-state index is -2.76. The first-order valence-electron chi connectivity index (χ1n) is 14.3. The molecule has 228 valence electrons. The molecule has 43 heavy (non-hydrogen) atoms. The van der Waals surface area contributed by atoms with Crippen LogP contribution in [0.3, 0.4) is 0 Å². The predicted octanol–water partition coefficient (Wildman–Crippen LogP) is 2.97. The summed E-state index contributed by atoms with van der Waals surface area (Å²) in [6.07, 6.45) is 2.94. The van der Waals surface area contributed by atoms with Crippen LogP contribution in [0.15, 0.2) is 54.6 Å². The van der Waals surface area contributed by atoms with Gasteiger partial charge in [-0.05, 0) is 66.3 Å². The summed E-state index contributed by atoms with van der Waals surface area (Å²) < 4.78 is 37.3. The second-order valence-corrected chi connectivity index (χ2v) is 11.7. The lowest BCUT2D eigenvalue weighted by Gasteiger charge is -2.43. The average Bonchev–Trinajstić information content (AvgIpc) is 3.55. The van der Waals surface area contributed by atoms with E-state index in [2.05, 4.69) is 0 Å². The van der Waals surface area contributed by atoms with Crippen molar-refractivity contribution in [1.82, 2.24) is 9.80 Å². The molecule has 12 heteroatoms. The summed E-state index contributed by atoms with van der Waals surface area (Å²) in [4.78, 5) is 31.3. The van der Waals surface area contributed by atoms with Crippen LogP contribution in [-0.4, -0.2) is 82.1 Å². The summed E-state index contributed by atoms with van der Waals surface area (Å²) in [5.41, 5.74) is 7.34. The Morgan fingerprint density at radius 3 is 2.28 bits per heavy atom. The van der Waals surface area contributed by atoms with E-state index >= 15 is 0 Å². The van der Waals surface area contributed by atoms with Crippen LogP contribution in [0.5, 0.6) is 11.5 Å². The molecule has 2 fully saturated rings. The number of fused-ring (bicyclic) bond motifs is 1. The fourth-order valence-corrected chi connectivity index (χ4v) is 6.69. The van der Waals surface area contributed by atoms with Crippen LogP contribution in [0.4, 0.5) is 5.69 Å². The summed E-state index contributed by atoms with van der Waals surface area (Å²) in [5.74, 6) is 0.461. The molecular formula is C31H36N5O6S-. The molecule has 5 rings (SSSR count). The van der Waals surface area contributed by atoms with Crippen molar-refractivity contribution in [2.24, 2.45) is 5.73 Å². The summed E-state index contributed by atoms with van der Waals surface area (Å²) in [5, 5.41) is 9.21. The highest BCUT2D eigenvalue weighted by atomic mass is 32.2. The van der Waals surface area contributed by atoms with Crippen LogP contribution in [-0.2, 0) is 27.3 Å². The van der Waals surface area contributed by atoms with E-state index in [4.69, 9.17) is 20.6 Å². The Kier molecular flexibility index (Phi) is 9.16. The van der Waals surface area contributed by atoms with Gasteiger partial charge in [-0.3, -0.25) is 23.5 Å². The number of amidine groups is 1. The standard InChI is InChI=1S/C31H37N5O6S/c1-41-27-18-22-11-12-24(17-23(22)19-28(27)42-2)36(43(39)40)25-6-5-15-35(31(25)38)26(30(37)34-13-3-4-14-34)16-20-7-9-21(10-8-20)29(32)33/h7-12,17-19,25-26H,3-6,13-16H2,1-2H3,(H3,32,33)(H,39,40)/p-1. The molecule has 0 spiro atoms. The van der Waals surface area contributed by atoms with Crippen LogP contribution in [0.25, 0.3) is 10.8 Å². The van der Waals surface area contributed by atoms with Crippen LogP contribution in [0.2, 0.25) is 0 Å². The molecule has 3 aromatic rings. The molecule has 3 aromatic carbocycles. The fourth-order valence-electron chi connectivity index (χ4n) is 6.00. The number of likely N-dealkylation sites (tertiary alicyclic amines) is 2. The number of amides is 2. The zero-order valence-corrected chi connectivity index (χ0v) is 25.1. The largest absolute Gasteiger partial charge is 0.755 e. The molecule has 0 aromatic heterocycles. The van der Waals surface area contributed by atoms with E-state index in [0.29, 0.717) is 55.2 Å². The third-order valence-electron chi connectivity index (χ3n) is 8.24. The van der Waals surface area contributed by atoms with E-state index in [1.54, 1.807) is 59.4 Å². The molecule has 2 saturated heterocycles. The van der Waals surface area contributed by atoms with Crippen LogP contribution >= 0.6 is 0 Å². The number of anilines is 1. The Hall–Kier alpha value is -4.16. The predicted molar refractivity (Wildman–Crippen MR) is 164 cm³/mol. The van der Waals surface area contributed by atoms with Gasteiger partial charge < -0.3 is 29.6 Å². The Morgan fingerprint density at radius 1 is 1.02 bits per heavy atom. The first-order chi connectivity index (χ1) is 20.7. The lowest BCUT2D eigenvalue weighted by atomic mass is 9.96. The highest BCUT2D eigenvalue weighted by Gasteiger charge is 2.41. The van der Waals surface area contributed by atoms with Crippen molar-refractivity contribution in [3.05, 3.63) is 65.7 Å². The number of hydrogen-bond donors (Lipinski definition) is 2. The highest BCUT2D eigenvalue weighted by Crippen LogP contribution is 2.35. The van der Waals surface area contributed by atoms with Crippen molar-refractivity contribution in [1.29, 1.82) is 5.41 Å². The molecule has 11 nitrogen and oxygen atoms in total. The second kappa shape index (κ2) is 13.0. The van der Waals surface area contributed by atoms with Gasteiger partial charge in [0.05, 0.1) is 14.2 Å². The number of nitrogen functional groups attached to an aromatic ring is 1. The zero-order chi connectivity index (χ0) is 30.7. The number of carbonyl (C=O) groups excluding carboxylic acids is 2. The maximum absolute atomic E-state index is 14.1. The third kappa shape index (κ3) is 6.30. The molecular weight excluding hydrogens is 570 g/mol. The molecule has 0 radical (unpaired) electrons. The third-order valence-corrected chi connectivity index (χ3v) is 9.03. The monoisotopic (exact) mass is 606 g/mol. The van der Waals surface area contributed by atoms with Gasteiger partial charge in [-0.25, -0.2) is 0 Å². The summed E-state index contributed by atoms with van der Waals surface area (Å²) >= 11 is -2.76. The molecule has 0 saturated carbocycles. The maximum atomic E-state index is 14.1.